The number of aromatic nitrogens is 3. The van der Waals surface area contributed by atoms with E-state index < -0.39 is 0 Å². The first kappa shape index (κ1) is 21.6. The lowest BCUT2D eigenvalue weighted by Gasteiger charge is -2.44. The molecule has 5 rings (SSSR count). The van der Waals surface area contributed by atoms with Crippen molar-refractivity contribution in [2.75, 3.05) is 24.5 Å². The summed E-state index contributed by atoms with van der Waals surface area (Å²) in [5.74, 6) is 1.36. The molecule has 2 unspecified atom stereocenters. The van der Waals surface area contributed by atoms with Gasteiger partial charge in [-0.3, -0.25) is 9.47 Å². The smallest absolute Gasteiger partial charge is 0.349 e. The van der Waals surface area contributed by atoms with E-state index >= 15 is 0 Å². The lowest BCUT2D eigenvalue weighted by atomic mass is 9.99. The molecule has 3 heterocycles. The number of hydrogen-bond donors (Lipinski definition) is 0. The van der Waals surface area contributed by atoms with Gasteiger partial charge in [-0.05, 0) is 55.4 Å². The molecule has 1 saturated heterocycles. The summed E-state index contributed by atoms with van der Waals surface area (Å²) >= 11 is 0. The normalized spacial score (nSPS) is 20.1. The molecule has 2 aromatic heterocycles. The Morgan fingerprint density at radius 1 is 1.12 bits per heavy atom. The van der Waals surface area contributed by atoms with E-state index in [1.165, 1.54) is 28.5 Å². The highest BCUT2D eigenvalue weighted by Crippen LogP contribution is 2.40. The fraction of sp³-hybridized carbons (Fsp3) is 0.462. The van der Waals surface area contributed by atoms with E-state index in [4.69, 9.17) is 0 Å². The third-order valence-corrected chi connectivity index (χ3v) is 7.31. The van der Waals surface area contributed by atoms with Gasteiger partial charge in [0.1, 0.15) is 17.3 Å². The minimum atomic E-state index is -0.302. The minimum absolute atomic E-state index is 0.302. The lowest BCUT2D eigenvalue weighted by molar-refractivity contribution is 0.124. The zero-order valence-corrected chi connectivity index (χ0v) is 19.5. The van der Waals surface area contributed by atoms with Crippen molar-refractivity contribution in [1.82, 2.24) is 19.4 Å². The monoisotopic (exact) mass is 442 g/mol. The van der Waals surface area contributed by atoms with Gasteiger partial charge in [0.2, 0.25) is 0 Å². The zero-order chi connectivity index (χ0) is 23.1. The first-order chi connectivity index (χ1) is 16.0. The van der Waals surface area contributed by atoms with Crippen LogP contribution in [0.4, 0.5) is 5.82 Å². The summed E-state index contributed by atoms with van der Waals surface area (Å²) in [7, 11) is 1.69. The Morgan fingerprint density at radius 2 is 1.88 bits per heavy atom. The standard InChI is InChI=1S/C26H30N6O/c1-4-22-16-31(25-24-23(30(3)26(33)29-25)12-11-21(15-27)28-24)13-14-32(22)17(2)18-5-7-19(8-6-18)20-9-10-20/h5-8,11-12,17,20,22H,4,9-10,13-14,16H2,1-3H3. The number of piperazine rings is 1. The van der Waals surface area contributed by atoms with E-state index in [0.29, 0.717) is 34.6 Å². The minimum Gasteiger partial charge on any atom is -0.352 e. The van der Waals surface area contributed by atoms with Crippen LogP contribution in [0, 0.1) is 11.3 Å². The van der Waals surface area contributed by atoms with E-state index in [9.17, 15) is 10.1 Å². The molecule has 1 aromatic carbocycles. The van der Waals surface area contributed by atoms with Gasteiger partial charge < -0.3 is 4.90 Å². The van der Waals surface area contributed by atoms with Gasteiger partial charge in [-0.1, -0.05) is 31.2 Å². The van der Waals surface area contributed by atoms with Crippen molar-refractivity contribution >= 4 is 16.9 Å². The molecule has 2 fully saturated rings. The van der Waals surface area contributed by atoms with Crippen molar-refractivity contribution in [3.05, 3.63) is 63.7 Å². The van der Waals surface area contributed by atoms with Crippen molar-refractivity contribution in [2.24, 2.45) is 7.05 Å². The van der Waals surface area contributed by atoms with Crippen molar-refractivity contribution in [3.8, 4) is 6.07 Å². The highest BCUT2D eigenvalue weighted by molar-refractivity contribution is 5.86. The van der Waals surface area contributed by atoms with Gasteiger partial charge >= 0.3 is 5.69 Å². The molecule has 1 aliphatic heterocycles. The molecule has 7 nitrogen and oxygen atoms in total. The molecule has 1 aliphatic carbocycles. The Morgan fingerprint density at radius 3 is 2.55 bits per heavy atom. The zero-order valence-electron chi connectivity index (χ0n) is 19.5. The van der Waals surface area contributed by atoms with Gasteiger partial charge in [-0.15, -0.1) is 0 Å². The van der Waals surface area contributed by atoms with Crippen LogP contribution < -0.4 is 10.6 Å². The second-order valence-corrected chi connectivity index (χ2v) is 9.32. The van der Waals surface area contributed by atoms with Gasteiger partial charge in [0.05, 0.1) is 5.52 Å². The Hall–Kier alpha value is -3.24. The molecule has 0 radical (unpaired) electrons. The predicted octanol–water partition coefficient (Wildman–Crippen LogP) is 3.74. The maximum atomic E-state index is 12.6. The molecule has 7 heteroatoms. The van der Waals surface area contributed by atoms with Crippen LogP contribution in [0.3, 0.4) is 0 Å². The Labute approximate surface area is 194 Å². The van der Waals surface area contributed by atoms with Crippen LogP contribution in [0.5, 0.6) is 0 Å². The summed E-state index contributed by atoms with van der Waals surface area (Å²) in [5.41, 5.74) is 4.16. The highest BCUT2D eigenvalue weighted by Gasteiger charge is 2.32. The summed E-state index contributed by atoms with van der Waals surface area (Å²) in [6, 6.07) is 15.4. The average Bonchev–Trinajstić information content (AvgIpc) is 3.71. The second kappa shape index (κ2) is 8.60. The van der Waals surface area contributed by atoms with E-state index in [-0.39, 0.29) is 5.69 Å². The van der Waals surface area contributed by atoms with Gasteiger partial charge in [0, 0.05) is 38.8 Å². The molecule has 2 aliphatic rings. The van der Waals surface area contributed by atoms with Gasteiger partial charge in [-0.25, -0.2) is 9.78 Å². The van der Waals surface area contributed by atoms with Crippen LogP contribution in [0.25, 0.3) is 11.0 Å². The van der Waals surface area contributed by atoms with Crippen molar-refractivity contribution in [1.29, 1.82) is 5.26 Å². The summed E-state index contributed by atoms with van der Waals surface area (Å²) in [4.78, 5) is 26.2. The SMILES string of the molecule is CCC1CN(c2nc(=O)n(C)c3ccc(C#N)nc23)CCN1C(C)c1ccc(C2CC2)cc1. The van der Waals surface area contributed by atoms with Gasteiger partial charge in [0.25, 0.3) is 0 Å². The first-order valence-electron chi connectivity index (χ1n) is 11.9. The van der Waals surface area contributed by atoms with E-state index in [0.717, 1.165) is 32.0 Å². The fourth-order valence-electron chi connectivity index (χ4n) is 5.08. The van der Waals surface area contributed by atoms with Gasteiger partial charge in [0.15, 0.2) is 5.82 Å². The highest BCUT2D eigenvalue weighted by atomic mass is 16.1. The van der Waals surface area contributed by atoms with Crippen molar-refractivity contribution in [2.45, 2.75) is 51.1 Å². The maximum absolute atomic E-state index is 12.6. The van der Waals surface area contributed by atoms with Crippen LogP contribution in [0.1, 0.15) is 61.9 Å². The quantitative estimate of drug-likeness (QED) is 0.599. The molecule has 0 spiro atoms. The number of nitriles is 1. The molecule has 3 aromatic rings. The van der Waals surface area contributed by atoms with Crippen LogP contribution in [-0.4, -0.2) is 45.1 Å². The number of rotatable bonds is 5. The summed E-state index contributed by atoms with van der Waals surface area (Å²) in [6.07, 6.45) is 3.65. The molecule has 170 valence electrons. The van der Waals surface area contributed by atoms with Crippen LogP contribution in [-0.2, 0) is 7.05 Å². The van der Waals surface area contributed by atoms with Crippen molar-refractivity contribution < 1.29 is 0 Å². The number of hydrogen-bond acceptors (Lipinski definition) is 6. The number of fused-ring (bicyclic) bond motifs is 1. The van der Waals surface area contributed by atoms with E-state index in [2.05, 4.69) is 63.9 Å². The topological polar surface area (TPSA) is 78.0 Å². The summed E-state index contributed by atoms with van der Waals surface area (Å²) in [6.45, 7) is 6.91. The fourth-order valence-corrected chi connectivity index (χ4v) is 5.08. The van der Waals surface area contributed by atoms with E-state index in [1.807, 2.05) is 0 Å². The number of pyridine rings is 1. The number of aryl methyl sites for hydroxylation is 1. The molecule has 33 heavy (non-hydrogen) atoms. The van der Waals surface area contributed by atoms with Crippen LogP contribution in [0.2, 0.25) is 0 Å². The third kappa shape index (κ3) is 4.00. The molecule has 2 atom stereocenters. The molecular weight excluding hydrogens is 412 g/mol. The Bertz CT molecular complexity index is 1270. The Balaban J connectivity index is 1.42. The predicted molar refractivity (Wildman–Crippen MR) is 129 cm³/mol. The molecule has 0 bridgehead atoms. The largest absolute Gasteiger partial charge is 0.352 e. The van der Waals surface area contributed by atoms with Crippen LogP contribution >= 0.6 is 0 Å². The van der Waals surface area contributed by atoms with E-state index in [1.54, 1.807) is 19.2 Å². The average molecular weight is 443 g/mol. The van der Waals surface area contributed by atoms with Crippen LogP contribution in [0.15, 0.2) is 41.2 Å². The molecular formula is C26H30N6O. The lowest BCUT2D eigenvalue weighted by Crippen LogP contribution is -2.54. The first-order valence-corrected chi connectivity index (χ1v) is 11.9. The Kier molecular flexibility index (Phi) is 5.63. The number of benzene rings is 1. The molecule has 0 amide bonds. The molecule has 0 N–H and O–H groups in total. The third-order valence-electron chi connectivity index (χ3n) is 7.31. The number of anilines is 1. The second-order valence-electron chi connectivity index (χ2n) is 9.32. The number of nitrogens with zero attached hydrogens (tertiary/aromatic N) is 6. The summed E-state index contributed by atoms with van der Waals surface area (Å²) in [5, 5.41) is 9.34. The summed E-state index contributed by atoms with van der Waals surface area (Å²) < 4.78 is 1.49. The molecule has 1 saturated carbocycles. The van der Waals surface area contributed by atoms with Crippen molar-refractivity contribution in [3.63, 3.8) is 0 Å². The maximum Gasteiger partial charge on any atom is 0.349 e. The van der Waals surface area contributed by atoms with Gasteiger partial charge in [-0.2, -0.15) is 10.2 Å².